The molecule has 3 aromatic rings. The van der Waals surface area contributed by atoms with Crippen molar-refractivity contribution in [3.8, 4) is 17.0 Å². The van der Waals surface area contributed by atoms with Gasteiger partial charge < -0.3 is 9.72 Å². The second-order valence-electron chi connectivity index (χ2n) is 4.89. The van der Waals surface area contributed by atoms with E-state index in [2.05, 4.69) is 14.7 Å². The van der Waals surface area contributed by atoms with Gasteiger partial charge >= 0.3 is 6.43 Å². The van der Waals surface area contributed by atoms with Crippen LogP contribution < -0.4 is 10.3 Å². The summed E-state index contributed by atoms with van der Waals surface area (Å²) in [6.45, 7) is 0. The van der Waals surface area contributed by atoms with E-state index in [1.165, 1.54) is 18.3 Å². The maximum absolute atomic E-state index is 13.1. The highest BCUT2D eigenvalue weighted by Gasteiger charge is 2.22. The number of hydrogen-bond donors (Lipinski definition) is 1. The van der Waals surface area contributed by atoms with Crippen molar-refractivity contribution < 1.29 is 17.9 Å². The van der Waals surface area contributed by atoms with Crippen LogP contribution in [0, 0.1) is 0 Å². The van der Waals surface area contributed by atoms with E-state index in [9.17, 15) is 18.0 Å². The number of H-pyrrole nitrogens is 1. The molecule has 1 N–H and O–H groups in total. The summed E-state index contributed by atoms with van der Waals surface area (Å²) in [5.41, 5.74) is 0.517. The smallest absolute Gasteiger partial charge is 0.304 e. The van der Waals surface area contributed by atoms with Crippen LogP contribution in [0.25, 0.3) is 22.0 Å². The summed E-state index contributed by atoms with van der Waals surface area (Å²) in [5, 5.41) is 1.03. The molecular formula is C16H10ClF3N2O2. The van der Waals surface area contributed by atoms with Crippen molar-refractivity contribution in [1.29, 1.82) is 0 Å². The second-order valence-corrected chi connectivity index (χ2v) is 5.33. The Bertz CT molecular complexity index is 929. The molecule has 0 amide bonds. The molecule has 2 heterocycles. The molecule has 0 radical (unpaired) electrons. The molecule has 24 heavy (non-hydrogen) atoms. The molecule has 0 saturated heterocycles. The van der Waals surface area contributed by atoms with Crippen molar-refractivity contribution in [3.63, 3.8) is 0 Å². The van der Waals surface area contributed by atoms with Crippen LogP contribution in [0.15, 0.2) is 47.4 Å². The number of benzene rings is 1. The molecule has 0 saturated carbocycles. The third kappa shape index (κ3) is 3.21. The van der Waals surface area contributed by atoms with Crippen molar-refractivity contribution in [3.05, 3.63) is 58.0 Å². The van der Waals surface area contributed by atoms with Gasteiger partial charge in [0.15, 0.2) is 0 Å². The van der Waals surface area contributed by atoms with Gasteiger partial charge in [0.2, 0.25) is 5.88 Å². The van der Waals surface area contributed by atoms with E-state index < -0.39 is 18.3 Å². The molecule has 2 aromatic heterocycles. The number of hydrogen-bond acceptors (Lipinski definition) is 3. The molecule has 0 aliphatic rings. The molecule has 3 rings (SSSR count). The van der Waals surface area contributed by atoms with Crippen LogP contribution in [0.2, 0.25) is 5.02 Å². The van der Waals surface area contributed by atoms with Crippen LogP contribution in [-0.2, 0) is 0 Å². The molecule has 0 fully saturated rings. The number of aromatic nitrogens is 2. The average molecular weight is 355 g/mol. The summed E-state index contributed by atoms with van der Waals surface area (Å²) >= 11 is 5.84. The molecule has 1 atom stereocenters. The number of nitrogens with zero attached hydrogens (tertiary/aromatic N) is 1. The highest BCUT2D eigenvalue weighted by atomic mass is 35.5. The Morgan fingerprint density at radius 2 is 1.79 bits per heavy atom. The van der Waals surface area contributed by atoms with Gasteiger partial charge in [-0.25, -0.2) is 13.8 Å². The van der Waals surface area contributed by atoms with Gasteiger partial charge in [0.1, 0.15) is 0 Å². The van der Waals surface area contributed by atoms with E-state index in [4.69, 9.17) is 11.6 Å². The number of nitrogens with one attached hydrogen (secondary N) is 1. The molecule has 0 spiro atoms. The van der Waals surface area contributed by atoms with Gasteiger partial charge in [-0.1, -0.05) is 23.7 Å². The van der Waals surface area contributed by atoms with Gasteiger partial charge in [0, 0.05) is 22.7 Å². The summed E-state index contributed by atoms with van der Waals surface area (Å²) in [5.74, 6) is -0.337. The zero-order valence-electron chi connectivity index (χ0n) is 12.0. The Morgan fingerprint density at radius 1 is 1.08 bits per heavy atom. The molecule has 124 valence electrons. The van der Waals surface area contributed by atoms with Crippen molar-refractivity contribution >= 4 is 22.5 Å². The van der Waals surface area contributed by atoms with E-state index >= 15 is 0 Å². The highest BCUT2D eigenvalue weighted by molar-refractivity contribution is 6.30. The van der Waals surface area contributed by atoms with Crippen LogP contribution in [0.1, 0.15) is 0 Å². The van der Waals surface area contributed by atoms with Gasteiger partial charge in [-0.2, -0.15) is 4.39 Å². The van der Waals surface area contributed by atoms with Crippen LogP contribution >= 0.6 is 11.6 Å². The van der Waals surface area contributed by atoms with E-state index in [1.807, 2.05) is 0 Å². The molecule has 0 aliphatic carbocycles. The highest BCUT2D eigenvalue weighted by Crippen LogP contribution is 2.27. The fraction of sp³-hybridized carbons (Fsp3) is 0.125. The first-order chi connectivity index (χ1) is 11.5. The number of alkyl halides is 3. The van der Waals surface area contributed by atoms with Gasteiger partial charge in [0.05, 0.1) is 11.1 Å². The fourth-order valence-electron chi connectivity index (χ4n) is 2.21. The Morgan fingerprint density at radius 3 is 2.46 bits per heavy atom. The molecule has 8 heteroatoms. The monoisotopic (exact) mass is 354 g/mol. The van der Waals surface area contributed by atoms with Crippen molar-refractivity contribution in [1.82, 2.24) is 9.97 Å². The Balaban J connectivity index is 2.15. The molecular weight excluding hydrogens is 345 g/mol. The lowest BCUT2D eigenvalue weighted by molar-refractivity contribution is -0.0688. The van der Waals surface area contributed by atoms with Gasteiger partial charge in [-0.15, -0.1) is 0 Å². The number of rotatable bonds is 4. The summed E-state index contributed by atoms with van der Waals surface area (Å²) in [7, 11) is 0. The lowest BCUT2D eigenvalue weighted by atomic mass is 10.0. The first-order valence-corrected chi connectivity index (χ1v) is 7.21. The minimum Gasteiger partial charge on any atom is -0.437 e. The Labute approximate surface area is 138 Å². The number of fused-ring (bicyclic) bond motifs is 1. The molecule has 0 aliphatic heterocycles. The summed E-state index contributed by atoms with van der Waals surface area (Å²) in [4.78, 5) is 18.8. The molecule has 1 aromatic carbocycles. The van der Waals surface area contributed by atoms with Crippen LogP contribution in [0.3, 0.4) is 0 Å². The van der Waals surface area contributed by atoms with Crippen LogP contribution in [0.4, 0.5) is 13.2 Å². The van der Waals surface area contributed by atoms with Crippen molar-refractivity contribution in [2.24, 2.45) is 0 Å². The zero-order valence-corrected chi connectivity index (χ0v) is 12.7. The predicted octanol–water partition coefficient (Wildman–Crippen LogP) is 4.18. The van der Waals surface area contributed by atoms with Crippen LogP contribution in [-0.4, -0.2) is 22.8 Å². The van der Waals surface area contributed by atoms with Crippen molar-refractivity contribution in [2.45, 2.75) is 12.8 Å². The van der Waals surface area contributed by atoms with Gasteiger partial charge in [-0.05, 0) is 23.8 Å². The Hall–Kier alpha value is -2.54. The van der Waals surface area contributed by atoms with Gasteiger partial charge in [-0.3, -0.25) is 4.79 Å². The maximum atomic E-state index is 13.1. The standard InChI is InChI=1S/C16H10ClF3N2O2/c17-10-4-1-8(2-5-10)12-13-9(7-21-16(12)23)3-6-11(22-13)24-15(20)14(18)19/h1-7,14-15H,(H,21,23). The van der Waals surface area contributed by atoms with Crippen LogP contribution in [0.5, 0.6) is 5.88 Å². The topological polar surface area (TPSA) is 55.0 Å². The van der Waals surface area contributed by atoms with Gasteiger partial charge in [0.25, 0.3) is 11.9 Å². The summed E-state index contributed by atoms with van der Waals surface area (Å²) < 4.78 is 42.1. The minimum absolute atomic E-state index is 0.208. The maximum Gasteiger partial charge on any atom is 0.304 e. The largest absolute Gasteiger partial charge is 0.437 e. The lowest BCUT2D eigenvalue weighted by Gasteiger charge is -2.11. The SMILES string of the molecule is O=c1[nH]cc2ccc(OC(F)C(F)F)nc2c1-c1ccc(Cl)cc1. The normalized spacial score (nSPS) is 12.5. The van der Waals surface area contributed by atoms with E-state index in [-0.39, 0.29) is 17.0 Å². The fourth-order valence-corrected chi connectivity index (χ4v) is 2.33. The molecule has 1 unspecified atom stereocenters. The van der Waals surface area contributed by atoms with Crippen molar-refractivity contribution in [2.75, 3.05) is 0 Å². The number of ether oxygens (including phenoxy) is 1. The lowest BCUT2D eigenvalue weighted by Crippen LogP contribution is -2.20. The summed E-state index contributed by atoms with van der Waals surface area (Å²) in [6.07, 6.45) is -4.66. The Kier molecular flexibility index (Phi) is 4.44. The third-order valence-electron chi connectivity index (χ3n) is 3.29. The minimum atomic E-state index is -3.29. The quantitative estimate of drug-likeness (QED) is 0.764. The second kappa shape index (κ2) is 6.52. The molecule has 0 bridgehead atoms. The zero-order chi connectivity index (χ0) is 17.3. The summed E-state index contributed by atoms with van der Waals surface area (Å²) in [6, 6.07) is 9.19. The number of halogens is 4. The van der Waals surface area contributed by atoms with E-state index in [1.54, 1.807) is 24.3 Å². The van der Waals surface area contributed by atoms with E-state index in [0.717, 1.165) is 0 Å². The average Bonchev–Trinajstić information content (AvgIpc) is 2.56. The first kappa shape index (κ1) is 16.3. The number of pyridine rings is 2. The first-order valence-electron chi connectivity index (χ1n) is 6.83. The van der Waals surface area contributed by atoms with E-state index in [0.29, 0.717) is 16.0 Å². The molecule has 4 nitrogen and oxygen atoms in total. The predicted molar refractivity (Wildman–Crippen MR) is 84.3 cm³/mol. The number of aromatic amines is 1. The third-order valence-corrected chi connectivity index (χ3v) is 3.54.